The van der Waals surface area contributed by atoms with E-state index in [1.165, 1.54) is 19.1 Å². The summed E-state index contributed by atoms with van der Waals surface area (Å²) in [5.74, 6) is 0.473. The number of hydrogen-bond acceptors (Lipinski definition) is 5. The summed E-state index contributed by atoms with van der Waals surface area (Å²) >= 11 is 0. The Kier molecular flexibility index (Phi) is 5.27. The summed E-state index contributed by atoms with van der Waals surface area (Å²) in [7, 11) is 0. The van der Waals surface area contributed by atoms with Crippen LogP contribution in [0.15, 0.2) is 29.1 Å². The number of aryl methyl sites for hydroxylation is 1. The fourth-order valence-electron chi connectivity index (χ4n) is 2.27. The number of anilines is 1. The van der Waals surface area contributed by atoms with Crippen LogP contribution in [0.3, 0.4) is 0 Å². The van der Waals surface area contributed by atoms with Gasteiger partial charge in [-0.3, -0.25) is 4.79 Å². The number of hydrogen-bond donors (Lipinski definition) is 4. The SMILES string of the molecule is CC(=N)c1c(NCC(O)c2ccc(C(F)(F)F)cc2)nc(C)[nH]c1=O. The van der Waals surface area contributed by atoms with Gasteiger partial charge >= 0.3 is 6.18 Å². The molecule has 1 atom stereocenters. The van der Waals surface area contributed by atoms with Crippen molar-refractivity contribution in [1.82, 2.24) is 9.97 Å². The summed E-state index contributed by atoms with van der Waals surface area (Å²) in [6, 6.07) is 4.16. The number of aliphatic hydroxyl groups is 1. The molecule has 0 saturated carbocycles. The average Bonchev–Trinajstić information content (AvgIpc) is 2.50. The molecule has 0 radical (unpaired) electrons. The van der Waals surface area contributed by atoms with Crippen LogP contribution in [0.25, 0.3) is 0 Å². The molecule has 0 bridgehead atoms. The van der Waals surface area contributed by atoms with Crippen molar-refractivity contribution < 1.29 is 18.3 Å². The zero-order valence-corrected chi connectivity index (χ0v) is 13.5. The monoisotopic (exact) mass is 354 g/mol. The Labute approximate surface area is 141 Å². The van der Waals surface area contributed by atoms with Crippen LogP contribution in [0.5, 0.6) is 0 Å². The number of halogens is 3. The third kappa shape index (κ3) is 4.44. The highest BCUT2D eigenvalue weighted by Gasteiger charge is 2.30. The minimum Gasteiger partial charge on any atom is -0.387 e. The molecule has 1 heterocycles. The van der Waals surface area contributed by atoms with Gasteiger partial charge in [-0.25, -0.2) is 4.98 Å². The first-order valence-corrected chi connectivity index (χ1v) is 7.35. The maximum absolute atomic E-state index is 12.6. The molecule has 0 aliphatic carbocycles. The van der Waals surface area contributed by atoms with Gasteiger partial charge in [-0.2, -0.15) is 13.2 Å². The number of aromatic amines is 1. The lowest BCUT2D eigenvalue weighted by atomic mass is 10.1. The third-order valence-corrected chi connectivity index (χ3v) is 3.50. The molecule has 25 heavy (non-hydrogen) atoms. The normalized spacial score (nSPS) is 12.7. The molecule has 2 aromatic rings. The van der Waals surface area contributed by atoms with E-state index in [4.69, 9.17) is 5.41 Å². The van der Waals surface area contributed by atoms with Crippen molar-refractivity contribution in [3.05, 3.63) is 57.1 Å². The largest absolute Gasteiger partial charge is 0.416 e. The number of nitrogens with zero attached hydrogens (tertiary/aromatic N) is 1. The highest BCUT2D eigenvalue weighted by Crippen LogP contribution is 2.30. The number of rotatable bonds is 5. The summed E-state index contributed by atoms with van der Waals surface area (Å²) in [5.41, 5.74) is -0.947. The van der Waals surface area contributed by atoms with Gasteiger partial charge in [0.05, 0.1) is 11.7 Å². The summed E-state index contributed by atoms with van der Waals surface area (Å²) in [6.07, 6.45) is -5.55. The van der Waals surface area contributed by atoms with E-state index in [-0.39, 0.29) is 29.2 Å². The Morgan fingerprint density at radius 1 is 1.36 bits per heavy atom. The van der Waals surface area contributed by atoms with Crippen molar-refractivity contribution in [2.75, 3.05) is 11.9 Å². The molecule has 6 nitrogen and oxygen atoms in total. The Morgan fingerprint density at radius 3 is 2.48 bits per heavy atom. The zero-order chi connectivity index (χ0) is 18.8. The number of alkyl halides is 3. The molecule has 2 rings (SSSR count). The molecule has 0 amide bonds. The van der Waals surface area contributed by atoms with Gasteiger partial charge in [0.15, 0.2) is 0 Å². The molecule has 9 heteroatoms. The molecule has 0 aliphatic rings. The zero-order valence-electron chi connectivity index (χ0n) is 13.5. The fourth-order valence-corrected chi connectivity index (χ4v) is 2.27. The predicted octanol–water partition coefficient (Wildman–Crippen LogP) is 2.63. The van der Waals surface area contributed by atoms with E-state index in [2.05, 4.69) is 15.3 Å². The lowest BCUT2D eigenvalue weighted by molar-refractivity contribution is -0.137. The summed E-state index contributed by atoms with van der Waals surface area (Å²) in [4.78, 5) is 18.5. The lowest BCUT2D eigenvalue weighted by Crippen LogP contribution is -2.24. The fraction of sp³-hybridized carbons (Fsp3) is 0.312. The number of nitrogens with one attached hydrogen (secondary N) is 3. The summed E-state index contributed by atoms with van der Waals surface area (Å²) < 4.78 is 37.7. The highest BCUT2D eigenvalue weighted by molar-refractivity contribution is 6.00. The predicted molar refractivity (Wildman–Crippen MR) is 87.0 cm³/mol. The standard InChI is InChI=1S/C16H17F3N4O2/c1-8(20)13-14(22-9(2)23-15(13)25)21-7-12(24)10-3-5-11(6-4-10)16(17,18)19/h3-6,12,20,24H,7H2,1-2H3,(H2,21,22,23,25). The number of benzene rings is 1. The first-order chi connectivity index (χ1) is 11.6. The second-order valence-corrected chi connectivity index (χ2v) is 5.52. The van der Waals surface area contributed by atoms with Crippen molar-refractivity contribution in [2.45, 2.75) is 26.1 Å². The number of H-pyrrole nitrogens is 1. The number of aliphatic hydroxyl groups excluding tert-OH is 1. The molecule has 0 aliphatic heterocycles. The van der Waals surface area contributed by atoms with Crippen LogP contribution >= 0.6 is 0 Å². The van der Waals surface area contributed by atoms with Crippen LogP contribution in [0, 0.1) is 12.3 Å². The molecule has 134 valence electrons. The van der Waals surface area contributed by atoms with Crippen molar-refractivity contribution in [1.29, 1.82) is 5.41 Å². The van der Waals surface area contributed by atoms with Gasteiger partial charge in [0, 0.05) is 12.3 Å². The van der Waals surface area contributed by atoms with Crippen LogP contribution in [0.4, 0.5) is 19.0 Å². The molecule has 0 spiro atoms. The van der Waals surface area contributed by atoms with Crippen LogP contribution in [0.2, 0.25) is 0 Å². The molecular weight excluding hydrogens is 337 g/mol. The first-order valence-electron chi connectivity index (χ1n) is 7.35. The Morgan fingerprint density at radius 2 is 1.96 bits per heavy atom. The summed E-state index contributed by atoms with van der Waals surface area (Å²) in [5, 5.41) is 20.6. The molecule has 1 aromatic heterocycles. The Balaban J connectivity index is 2.16. The van der Waals surface area contributed by atoms with E-state index in [9.17, 15) is 23.1 Å². The molecule has 0 saturated heterocycles. The lowest BCUT2D eigenvalue weighted by Gasteiger charge is -2.15. The van der Waals surface area contributed by atoms with E-state index in [0.29, 0.717) is 5.82 Å². The van der Waals surface area contributed by atoms with Gasteiger partial charge < -0.3 is 20.8 Å². The first kappa shape index (κ1) is 18.7. The van der Waals surface area contributed by atoms with Crippen molar-refractivity contribution >= 4 is 11.5 Å². The van der Waals surface area contributed by atoms with Gasteiger partial charge in [-0.05, 0) is 31.5 Å². The molecule has 0 fully saturated rings. The van der Waals surface area contributed by atoms with E-state index >= 15 is 0 Å². The molecule has 1 unspecified atom stereocenters. The van der Waals surface area contributed by atoms with Crippen LogP contribution < -0.4 is 10.9 Å². The van der Waals surface area contributed by atoms with E-state index < -0.39 is 23.4 Å². The van der Waals surface area contributed by atoms with Crippen molar-refractivity contribution in [3.63, 3.8) is 0 Å². The Bertz CT molecular complexity index is 829. The highest BCUT2D eigenvalue weighted by atomic mass is 19.4. The quantitative estimate of drug-likeness (QED) is 0.620. The van der Waals surface area contributed by atoms with E-state index in [0.717, 1.165) is 12.1 Å². The van der Waals surface area contributed by atoms with Crippen LogP contribution in [-0.2, 0) is 6.18 Å². The van der Waals surface area contributed by atoms with Gasteiger partial charge in [-0.1, -0.05) is 12.1 Å². The van der Waals surface area contributed by atoms with Gasteiger partial charge in [0.1, 0.15) is 17.2 Å². The molecule has 1 aromatic carbocycles. The third-order valence-electron chi connectivity index (χ3n) is 3.50. The maximum Gasteiger partial charge on any atom is 0.416 e. The molecular formula is C16H17F3N4O2. The van der Waals surface area contributed by atoms with E-state index in [1.54, 1.807) is 6.92 Å². The maximum atomic E-state index is 12.6. The van der Waals surface area contributed by atoms with Gasteiger partial charge in [-0.15, -0.1) is 0 Å². The minimum atomic E-state index is -4.44. The number of aromatic nitrogens is 2. The minimum absolute atomic E-state index is 0.000250. The van der Waals surface area contributed by atoms with Gasteiger partial charge in [0.2, 0.25) is 0 Å². The Hall–Kier alpha value is -2.68. The second kappa shape index (κ2) is 7.06. The topological polar surface area (TPSA) is 102 Å². The van der Waals surface area contributed by atoms with Crippen molar-refractivity contribution in [2.24, 2.45) is 0 Å². The van der Waals surface area contributed by atoms with Crippen LogP contribution in [-0.4, -0.2) is 27.3 Å². The van der Waals surface area contributed by atoms with Crippen molar-refractivity contribution in [3.8, 4) is 0 Å². The van der Waals surface area contributed by atoms with E-state index in [1.807, 2.05) is 0 Å². The summed E-state index contributed by atoms with van der Waals surface area (Å²) in [6.45, 7) is 2.92. The van der Waals surface area contributed by atoms with Crippen LogP contribution in [0.1, 0.15) is 35.5 Å². The smallest absolute Gasteiger partial charge is 0.387 e. The molecule has 4 N–H and O–H groups in total. The van der Waals surface area contributed by atoms with Gasteiger partial charge in [0.25, 0.3) is 5.56 Å². The average molecular weight is 354 g/mol. The second-order valence-electron chi connectivity index (χ2n) is 5.52.